The Hall–Kier alpha value is -2.02. The van der Waals surface area contributed by atoms with Gasteiger partial charge in [0.1, 0.15) is 11.6 Å². The number of thioether (sulfide) groups is 1. The largest absolute Gasteiger partial charge is 0.423 e. The van der Waals surface area contributed by atoms with E-state index in [4.69, 9.17) is 4.42 Å². The second kappa shape index (κ2) is 5.24. The SMILES string of the molecule is Cc1cc(C)c2oc(NC(=O)[C@@H]3CS[C@]4(C)CCC(=O)N34)nc2c1. The molecule has 7 heteroatoms. The number of oxazole rings is 1. The number of aromatic nitrogens is 1. The molecule has 1 aromatic carbocycles. The van der Waals surface area contributed by atoms with E-state index in [0.29, 0.717) is 17.8 Å². The number of hydrogen-bond acceptors (Lipinski definition) is 5. The molecular formula is C17H19N3O3S. The maximum atomic E-state index is 12.7. The Balaban J connectivity index is 1.59. The van der Waals surface area contributed by atoms with E-state index in [1.54, 1.807) is 16.7 Å². The van der Waals surface area contributed by atoms with E-state index >= 15 is 0 Å². The molecule has 1 N–H and O–H groups in total. The van der Waals surface area contributed by atoms with Gasteiger partial charge in [-0.05, 0) is 44.4 Å². The first-order valence-electron chi connectivity index (χ1n) is 8.02. The van der Waals surface area contributed by atoms with Crippen molar-refractivity contribution in [3.63, 3.8) is 0 Å². The first-order valence-corrected chi connectivity index (χ1v) is 9.01. The van der Waals surface area contributed by atoms with Crippen molar-refractivity contribution in [3.05, 3.63) is 23.3 Å². The maximum Gasteiger partial charge on any atom is 0.302 e. The molecule has 4 rings (SSSR count). The Bertz CT molecular complexity index is 862. The third-order valence-electron chi connectivity index (χ3n) is 4.80. The highest BCUT2D eigenvalue weighted by Gasteiger charge is 2.53. The Morgan fingerprint density at radius 1 is 1.46 bits per heavy atom. The minimum Gasteiger partial charge on any atom is -0.423 e. The van der Waals surface area contributed by atoms with Gasteiger partial charge in [0, 0.05) is 12.2 Å². The quantitative estimate of drug-likeness (QED) is 0.906. The third-order valence-corrected chi connectivity index (χ3v) is 6.30. The molecule has 1 aromatic heterocycles. The zero-order valence-electron chi connectivity index (χ0n) is 13.9. The van der Waals surface area contributed by atoms with Crippen molar-refractivity contribution in [2.24, 2.45) is 0 Å². The first-order chi connectivity index (χ1) is 11.4. The van der Waals surface area contributed by atoms with E-state index in [1.807, 2.05) is 32.9 Å². The first kappa shape index (κ1) is 15.5. The lowest BCUT2D eigenvalue weighted by Gasteiger charge is -2.29. The predicted octanol–water partition coefficient (Wildman–Crippen LogP) is 2.84. The molecule has 0 bridgehead atoms. The van der Waals surface area contributed by atoms with Crippen molar-refractivity contribution in [3.8, 4) is 0 Å². The summed E-state index contributed by atoms with van der Waals surface area (Å²) in [6.45, 7) is 5.98. The van der Waals surface area contributed by atoms with Crippen LogP contribution in [0.1, 0.15) is 30.9 Å². The van der Waals surface area contributed by atoms with E-state index in [-0.39, 0.29) is 22.7 Å². The summed E-state index contributed by atoms with van der Waals surface area (Å²) in [5, 5.41) is 2.75. The summed E-state index contributed by atoms with van der Waals surface area (Å²) in [5.41, 5.74) is 3.48. The van der Waals surface area contributed by atoms with Crippen molar-refractivity contribution >= 4 is 40.7 Å². The Kier molecular flexibility index (Phi) is 3.38. The van der Waals surface area contributed by atoms with E-state index in [1.165, 1.54) is 0 Å². The molecule has 2 amide bonds. The van der Waals surface area contributed by atoms with Gasteiger partial charge in [-0.2, -0.15) is 4.98 Å². The van der Waals surface area contributed by atoms with Crippen molar-refractivity contribution in [1.29, 1.82) is 0 Å². The van der Waals surface area contributed by atoms with Gasteiger partial charge in [-0.25, -0.2) is 0 Å². The third kappa shape index (κ3) is 2.30. The molecule has 0 unspecified atom stereocenters. The lowest BCUT2D eigenvalue weighted by molar-refractivity contribution is -0.136. The molecule has 2 fully saturated rings. The van der Waals surface area contributed by atoms with E-state index in [2.05, 4.69) is 10.3 Å². The number of carbonyl (C=O) groups is 2. The lowest BCUT2D eigenvalue weighted by atomic mass is 10.1. The highest BCUT2D eigenvalue weighted by atomic mass is 32.2. The van der Waals surface area contributed by atoms with Gasteiger partial charge >= 0.3 is 6.01 Å². The van der Waals surface area contributed by atoms with Crippen molar-refractivity contribution in [1.82, 2.24) is 9.88 Å². The Labute approximate surface area is 144 Å². The number of rotatable bonds is 2. The molecule has 0 saturated carbocycles. The molecule has 24 heavy (non-hydrogen) atoms. The molecule has 0 aliphatic carbocycles. The number of nitrogens with zero attached hydrogens (tertiary/aromatic N) is 2. The number of nitrogens with one attached hydrogen (secondary N) is 1. The van der Waals surface area contributed by atoms with Crippen molar-refractivity contribution in [2.75, 3.05) is 11.1 Å². The molecule has 0 spiro atoms. The summed E-state index contributed by atoms with van der Waals surface area (Å²) >= 11 is 1.67. The van der Waals surface area contributed by atoms with Gasteiger partial charge in [0.05, 0.1) is 4.87 Å². The predicted molar refractivity (Wildman–Crippen MR) is 92.8 cm³/mol. The molecule has 0 radical (unpaired) electrons. The molecule has 2 aliphatic heterocycles. The molecule has 2 aliphatic rings. The van der Waals surface area contributed by atoms with Crippen LogP contribution in [0.4, 0.5) is 6.01 Å². The van der Waals surface area contributed by atoms with Crippen LogP contribution >= 0.6 is 11.8 Å². The fourth-order valence-electron chi connectivity index (χ4n) is 3.63. The van der Waals surface area contributed by atoms with Crippen LogP contribution in [-0.2, 0) is 9.59 Å². The second-order valence-electron chi connectivity index (χ2n) is 6.70. The Morgan fingerprint density at radius 2 is 2.25 bits per heavy atom. The van der Waals surface area contributed by atoms with Crippen LogP contribution in [-0.4, -0.2) is 38.4 Å². The number of amides is 2. The Morgan fingerprint density at radius 3 is 3.04 bits per heavy atom. The summed E-state index contributed by atoms with van der Waals surface area (Å²) in [6.07, 6.45) is 1.30. The second-order valence-corrected chi connectivity index (χ2v) is 8.21. The minimum atomic E-state index is -0.465. The highest BCUT2D eigenvalue weighted by molar-refractivity contribution is 8.01. The molecule has 126 valence electrons. The van der Waals surface area contributed by atoms with E-state index in [9.17, 15) is 9.59 Å². The molecule has 2 saturated heterocycles. The topological polar surface area (TPSA) is 75.4 Å². The number of fused-ring (bicyclic) bond motifs is 2. The van der Waals surface area contributed by atoms with Gasteiger partial charge < -0.3 is 9.32 Å². The van der Waals surface area contributed by atoms with Gasteiger partial charge in [0.2, 0.25) is 5.91 Å². The van der Waals surface area contributed by atoms with Gasteiger partial charge in [-0.1, -0.05) is 6.07 Å². The zero-order chi connectivity index (χ0) is 17.1. The monoisotopic (exact) mass is 345 g/mol. The van der Waals surface area contributed by atoms with Crippen LogP contribution < -0.4 is 5.32 Å². The summed E-state index contributed by atoms with van der Waals surface area (Å²) < 4.78 is 5.69. The standard InChI is InChI=1S/C17H19N3O3S/c1-9-6-10(2)14-11(7-9)18-16(23-14)19-15(22)12-8-24-17(3)5-4-13(21)20(12)17/h6-7,12H,4-5,8H2,1-3H3,(H,18,19,22)/t12-,17+/m0/s1. The van der Waals surface area contributed by atoms with Crippen molar-refractivity contribution < 1.29 is 14.0 Å². The number of hydrogen-bond donors (Lipinski definition) is 1. The van der Waals surface area contributed by atoms with Crippen LogP contribution in [0.5, 0.6) is 0 Å². The number of benzene rings is 1. The van der Waals surface area contributed by atoms with E-state index < -0.39 is 6.04 Å². The van der Waals surface area contributed by atoms with Crippen molar-refractivity contribution in [2.45, 2.75) is 44.5 Å². The van der Waals surface area contributed by atoms with Gasteiger partial charge in [0.25, 0.3) is 5.91 Å². The van der Waals surface area contributed by atoms with Gasteiger partial charge in [-0.3, -0.25) is 14.9 Å². The molecule has 2 atom stereocenters. The summed E-state index contributed by atoms with van der Waals surface area (Å²) in [4.78, 5) is 30.6. The van der Waals surface area contributed by atoms with Crippen LogP contribution in [0.3, 0.4) is 0 Å². The smallest absolute Gasteiger partial charge is 0.302 e. The molecular weight excluding hydrogens is 326 g/mol. The summed E-state index contributed by atoms with van der Waals surface area (Å²) in [5.74, 6) is 0.418. The highest BCUT2D eigenvalue weighted by Crippen LogP contribution is 2.47. The molecule has 6 nitrogen and oxygen atoms in total. The lowest BCUT2D eigenvalue weighted by Crippen LogP contribution is -2.48. The average Bonchev–Trinajstić information content (AvgIpc) is 3.13. The van der Waals surface area contributed by atoms with Gasteiger partial charge in [-0.15, -0.1) is 11.8 Å². The fourth-order valence-corrected chi connectivity index (χ4v) is 5.07. The number of anilines is 1. The summed E-state index contributed by atoms with van der Waals surface area (Å²) in [6, 6.07) is 3.66. The normalized spacial score (nSPS) is 26.2. The fraction of sp³-hybridized carbons (Fsp3) is 0.471. The van der Waals surface area contributed by atoms with Gasteiger partial charge in [0.15, 0.2) is 5.58 Å². The minimum absolute atomic E-state index is 0.0479. The van der Waals surface area contributed by atoms with E-state index in [0.717, 1.165) is 23.1 Å². The maximum absolute atomic E-state index is 12.7. The number of carbonyl (C=O) groups excluding carboxylic acids is 2. The number of aryl methyl sites for hydroxylation is 2. The summed E-state index contributed by atoms with van der Waals surface area (Å²) in [7, 11) is 0. The van der Waals surface area contributed by atoms with Crippen LogP contribution in [0.15, 0.2) is 16.5 Å². The molecule has 3 heterocycles. The molecule has 2 aromatic rings. The van der Waals surface area contributed by atoms with Crippen LogP contribution in [0.2, 0.25) is 0 Å². The van der Waals surface area contributed by atoms with Crippen LogP contribution in [0.25, 0.3) is 11.1 Å². The zero-order valence-corrected chi connectivity index (χ0v) is 14.7. The average molecular weight is 345 g/mol. The van der Waals surface area contributed by atoms with Crippen LogP contribution in [0, 0.1) is 13.8 Å².